The van der Waals surface area contributed by atoms with Gasteiger partial charge in [-0.2, -0.15) is 0 Å². The molecule has 2 heterocycles. The summed E-state index contributed by atoms with van der Waals surface area (Å²) in [4.78, 5) is 19.3. The van der Waals surface area contributed by atoms with E-state index in [1.165, 1.54) is 6.20 Å². The Hall–Kier alpha value is -2.58. The van der Waals surface area contributed by atoms with Crippen LogP contribution in [0.15, 0.2) is 18.3 Å². The van der Waals surface area contributed by atoms with Gasteiger partial charge in [-0.05, 0) is 19.1 Å². The molecule has 28 heavy (non-hydrogen) atoms. The number of carbonyl (C=O) groups is 1. The molecule has 2 aromatic rings. The SMILES string of the molecule is CCOC(=O)c1cnc2c(OC)ccc(OC)c2c1NCCN1CCOCC1. The highest BCUT2D eigenvalue weighted by Crippen LogP contribution is 2.38. The number of morpholine rings is 1. The third-order valence-corrected chi connectivity index (χ3v) is 4.71. The van der Waals surface area contributed by atoms with Gasteiger partial charge in [-0.25, -0.2) is 4.79 Å². The Bertz CT molecular complexity index is 821. The number of aromatic nitrogens is 1. The second-order valence-corrected chi connectivity index (χ2v) is 6.34. The zero-order valence-electron chi connectivity index (χ0n) is 16.6. The summed E-state index contributed by atoms with van der Waals surface area (Å²) in [5, 5.41) is 4.11. The van der Waals surface area contributed by atoms with Crippen LogP contribution in [0.5, 0.6) is 11.5 Å². The molecule has 1 aromatic carbocycles. The first-order valence-electron chi connectivity index (χ1n) is 9.44. The van der Waals surface area contributed by atoms with E-state index in [0.29, 0.717) is 46.8 Å². The van der Waals surface area contributed by atoms with E-state index in [9.17, 15) is 4.79 Å². The van der Waals surface area contributed by atoms with Gasteiger partial charge in [0, 0.05) is 32.4 Å². The van der Waals surface area contributed by atoms with Crippen LogP contribution in [-0.2, 0) is 9.47 Å². The largest absolute Gasteiger partial charge is 0.496 e. The molecule has 152 valence electrons. The topological polar surface area (TPSA) is 82.2 Å². The van der Waals surface area contributed by atoms with Crippen molar-refractivity contribution in [3.05, 3.63) is 23.9 Å². The van der Waals surface area contributed by atoms with Crippen LogP contribution in [0.2, 0.25) is 0 Å². The minimum absolute atomic E-state index is 0.291. The Morgan fingerprint density at radius 2 is 1.93 bits per heavy atom. The lowest BCUT2D eigenvalue weighted by atomic mass is 10.1. The quantitative estimate of drug-likeness (QED) is 0.688. The average molecular weight is 389 g/mol. The highest BCUT2D eigenvalue weighted by Gasteiger charge is 2.21. The fraction of sp³-hybridized carbons (Fsp3) is 0.500. The molecule has 1 aliphatic heterocycles. The Kier molecular flexibility index (Phi) is 6.89. The van der Waals surface area contributed by atoms with Crippen molar-refractivity contribution in [1.82, 2.24) is 9.88 Å². The molecule has 0 amide bonds. The van der Waals surface area contributed by atoms with Crippen LogP contribution < -0.4 is 14.8 Å². The molecule has 1 N–H and O–H groups in total. The maximum absolute atomic E-state index is 12.5. The molecule has 0 atom stereocenters. The van der Waals surface area contributed by atoms with E-state index < -0.39 is 5.97 Å². The number of nitrogens with one attached hydrogen (secondary N) is 1. The molecule has 0 unspecified atom stereocenters. The number of hydrogen-bond donors (Lipinski definition) is 1. The molecule has 0 radical (unpaired) electrons. The minimum atomic E-state index is -0.421. The first-order valence-corrected chi connectivity index (χ1v) is 9.44. The van der Waals surface area contributed by atoms with Crippen LogP contribution >= 0.6 is 0 Å². The second-order valence-electron chi connectivity index (χ2n) is 6.34. The molecular formula is C20H27N3O5. The van der Waals surface area contributed by atoms with Crippen molar-refractivity contribution in [3.8, 4) is 11.5 Å². The van der Waals surface area contributed by atoms with E-state index in [1.54, 1.807) is 27.2 Å². The Morgan fingerprint density at radius 3 is 2.61 bits per heavy atom. The van der Waals surface area contributed by atoms with E-state index in [-0.39, 0.29) is 0 Å². The second kappa shape index (κ2) is 9.57. The summed E-state index contributed by atoms with van der Waals surface area (Å²) < 4.78 is 21.6. The number of pyridine rings is 1. The molecule has 3 rings (SSSR count). The van der Waals surface area contributed by atoms with Gasteiger partial charge < -0.3 is 24.3 Å². The van der Waals surface area contributed by atoms with Crippen molar-refractivity contribution in [2.75, 3.05) is 65.5 Å². The number of rotatable bonds is 8. The summed E-state index contributed by atoms with van der Waals surface area (Å²) in [6.07, 6.45) is 1.53. The van der Waals surface area contributed by atoms with Crippen molar-refractivity contribution in [2.45, 2.75) is 6.92 Å². The Balaban J connectivity index is 1.98. The number of anilines is 1. The van der Waals surface area contributed by atoms with E-state index in [2.05, 4.69) is 15.2 Å². The maximum atomic E-state index is 12.5. The van der Waals surface area contributed by atoms with Crippen molar-refractivity contribution >= 4 is 22.6 Å². The number of carbonyl (C=O) groups excluding carboxylic acids is 1. The lowest BCUT2D eigenvalue weighted by Gasteiger charge is -2.27. The molecule has 0 saturated carbocycles. The third kappa shape index (κ3) is 4.28. The van der Waals surface area contributed by atoms with E-state index >= 15 is 0 Å². The van der Waals surface area contributed by atoms with Crippen LogP contribution in [0.1, 0.15) is 17.3 Å². The fourth-order valence-electron chi connectivity index (χ4n) is 3.30. The lowest BCUT2D eigenvalue weighted by Crippen LogP contribution is -2.39. The predicted molar refractivity (Wildman–Crippen MR) is 107 cm³/mol. The molecule has 1 fully saturated rings. The third-order valence-electron chi connectivity index (χ3n) is 4.71. The summed E-state index contributed by atoms with van der Waals surface area (Å²) in [7, 11) is 3.18. The molecule has 0 bridgehead atoms. The monoisotopic (exact) mass is 389 g/mol. The van der Waals surface area contributed by atoms with Crippen molar-refractivity contribution in [3.63, 3.8) is 0 Å². The standard InChI is InChI=1S/C20H27N3O5/c1-4-28-20(24)14-13-22-19-16(26-3)6-5-15(25-2)17(19)18(14)21-7-8-23-9-11-27-12-10-23/h5-6,13H,4,7-12H2,1-3H3,(H,21,22). The zero-order valence-corrected chi connectivity index (χ0v) is 16.6. The van der Waals surface area contributed by atoms with Gasteiger partial charge in [0.25, 0.3) is 0 Å². The zero-order chi connectivity index (χ0) is 19.9. The molecule has 8 heteroatoms. The summed E-state index contributed by atoms with van der Waals surface area (Å²) in [6, 6.07) is 3.61. The molecule has 8 nitrogen and oxygen atoms in total. The van der Waals surface area contributed by atoms with Gasteiger partial charge in [-0.15, -0.1) is 0 Å². The van der Waals surface area contributed by atoms with Gasteiger partial charge in [0.05, 0.1) is 45.1 Å². The number of ether oxygens (including phenoxy) is 4. The first kappa shape index (κ1) is 20.2. The van der Waals surface area contributed by atoms with Crippen LogP contribution in [0.25, 0.3) is 10.9 Å². The van der Waals surface area contributed by atoms with E-state index in [0.717, 1.165) is 32.8 Å². The van der Waals surface area contributed by atoms with Gasteiger partial charge >= 0.3 is 5.97 Å². The number of hydrogen-bond acceptors (Lipinski definition) is 8. The molecule has 1 aliphatic rings. The molecule has 1 aromatic heterocycles. The summed E-state index contributed by atoms with van der Waals surface area (Å²) in [5.41, 5.74) is 1.65. The molecular weight excluding hydrogens is 362 g/mol. The number of nitrogens with zero attached hydrogens (tertiary/aromatic N) is 2. The molecule has 0 aliphatic carbocycles. The van der Waals surface area contributed by atoms with Gasteiger partial charge in [-0.1, -0.05) is 0 Å². The predicted octanol–water partition coefficient (Wildman–Crippen LogP) is 2.17. The van der Waals surface area contributed by atoms with Crippen molar-refractivity contribution in [1.29, 1.82) is 0 Å². The van der Waals surface area contributed by atoms with Crippen LogP contribution in [0.3, 0.4) is 0 Å². The Morgan fingerprint density at radius 1 is 1.21 bits per heavy atom. The van der Waals surface area contributed by atoms with Crippen LogP contribution in [-0.4, -0.2) is 76.1 Å². The highest BCUT2D eigenvalue weighted by molar-refractivity contribution is 6.08. The Labute approximate surface area is 164 Å². The van der Waals surface area contributed by atoms with Gasteiger partial charge in [0.2, 0.25) is 0 Å². The smallest absolute Gasteiger partial charge is 0.341 e. The maximum Gasteiger partial charge on any atom is 0.341 e. The van der Waals surface area contributed by atoms with Crippen LogP contribution in [0, 0.1) is 0 Å². The number of benzene rings is 1. The van der Waals surface area contributed by atoms with Crippen molar-refractivity contribution in [2.24, 2.45) is 0 Å². The van der Waals surface area contributed by atoms with Gasteiger partial charge in [0.15, 0.2) is 0 Å². The summed E-state index contributed by atoms with van der Waals surface area (Å²) in [6.45, 7) is 6.87. The van der Waals surface area contributed by atoms with E-state index in [1.807, 2.05) is 6.07 Å². The number of esters is 1. The number of fused-ring (bicyclic) bond motifs is 1. The van der Waals surface area contributed by atoms with Gasteiger partial charge in [-0.3, -0.25) is 9.88 Å². The molecule has 0 spiro atoms. The average Bonchev–Trinajstić information content (AvgIpc) is 2.73. The van der Waals surface area contributed by atoms with E-state index in [4.69, 9.17) is 18.9 Å². The minimum Gasteiger partial charge on any atom is -0.496 e. The van der Waals surface area contributed by atoms with Crippen molar-refractivity contribution < 1.29 is 23.7 Å². The summed E-state index contributed by atoms with van der Waals surface area (Å²) in [5.74, 6) is 0.807. The summed E-state index contributed by atoms with van der Waals surface area (Å²) >= 11 is 0. The highest BCUT2D eigenvalue weighted by atomic mass is 16.5. The van der Waals surface area contributed by atoms with Crippen LogP contribution in [0.4, 0.5) is 5.69 Å². The molecule has 1 saturated heterocycles. The fourth-order valence-corrected chi connectivity index (χ4v) is 3.30. The first-order chi connectivity index (χ1) is 13.7. The lowest BCUT2D eigenvalue weighted by molar-refractivity contribution is 0.0398. The number of methoxy groups -OCH3 is 2. The van der Waals surface area contributed by atoms with Gasteiger partial charge in [0.1, 0.15) is 22.6 Å². The normalized spacial score (nSPS) is 14.7.